The van der Waals surface area contributed by atoms with Gasteiger partial charge in [-0.3, -0.25) is 0 Å². The van der Waals surface area contributed by atoms with Crippen LogP contribution in [0.5, 0.6) is 5.75 Å². The first-order chi connectivity index (χ1) is 13.1. The molecule has 0 spiro atoms. The van der Waals surface area contributed by atoms with Crippen molar-refractivity contribution in [3.63, 3.8) is 0 Å². The van der Waals surface area contributed by atoms with E-state index in [1.165, 1.54) is 14.2 Å². The molecule has 142 valence electrons. The lowest BCUT2D eigenvalue weighted by atomic mass is 9.85. The van der Waals surface area contributed by atoms with Crippen molar-refractivity contribution < 1.29 is 23.8 Å². The van der Waals surface area contributed by atoms with Crippen LogP contribution in [0, 0.1) is 5.92 Å². The zero-order valence-corrected chi connectivity index (χ0v) is 15.4. The Kier molecular flexibility index (Phi) is 5.64. The first-order valence-electron chi connectivity index (χ1n) is 8.82. The molecule has 2 aromatic rings. The van der Waals surface area contributed by atoms with Gasteiger partial charge in [-0.1, -0.05) is 42.5 Å². The van der Waals surface area contributed by atoms with Gasteiger partial charge in [0, 0.05) is 0 Å². The Morgan fingerprint density at radius 1 is 1.00 bits per heavy atom. The van der Waals surface area contributed by atoms with Gasteiger partial charge in [0.1, 0.15) is 12.4 Å². The molecule has 0 aliphatic heterocycles. The molecule has 1 fully saturated rings. The standard InChI is InChI=1S/C21H23NO5/c1-25-19(23)21(16-8-9-16,22-20(24)26-2)17-10-12-18(13-11-17)27-14-15-6-4-3-5-7-15/h3-7,10-13,16H,8-9,14H2,1-2H3,(H,22,24)/t21-/m0/s1. The summed E-state index contributed by atoms with van der Waals surface area (Å²) in [6.07, 6.45) is 0.980. The van der Waals surface area contributed by atoms with E-state index >= 15 is 0 Å². The molecule has 0 heterocycles. The first-order valence-corrected chi connectivity index (χ1v) is 8.82. The molecule has 1 aliphatic rings. The van der Waals surface area contributed by atoms with E-state index in [2.05, 4.69) is 5.32 Å². The van der Waals surface area contributed by atoms with Gasteiger partial charge in [0.2, 0.25) is 0 Å². The molecule has 1 amide bonds. The van der Waals surface area contributed by atoms with Gasteiger partial charge in [-0.05, 0) is 42.0 Å². The maximum absolute atomic E-state index is 12.6. The highest BCUT2D eigenvalue weighted by Crippen LogP contribution is 2.47. The van der Waals surface area contributed by atoms with E-state index in [4.69, 9.17) is 14.2 Å². The van der Waals surface area contributed by atoms with E-state index in [1.807, 2.05) is 30.3 Å². The number of benzene rings is 2. The van der Waals surface area contributed by atoms with E-state index in [0.717, 1.165) is 18.4 Å². The summed E-state index contributed by atoms with van der Waals surface area (Å²) >= 11 is 0. The smallest absolute Gasteiger partial charge is 0.408 e. The quantitative estimate of drug-likeness (QED) is 0.757. The zero-order valence-electron chi connectivity index (χ0n) is 15.4. The molecule has 6 nitrogen and oxygen atoms in total. The van der Waals surface area contributed by atoms with Crippen molar-refractivity contribution in [2.75, 3.05) is 14.2 Å². The van der Waals surface area contributed by atoms with E-state index in [0.29, 0.717) is 17.9 Å². The minimum absolute atomic E-state index is 0.0277. The Morgan fingerprint density at radius 2 is 1.67 bits per heavy atom. The second-order valence-electron chi connectivity index (χ2n) is 6.49. The molecular formula is C21H23NO5. The molecule has 1 saturated carbocycles. The molecule has 3 rings (SSSR count). The Hall–Kier alpha value is -3.02. The normalized spacial score (nSPS) is 15.3. The average molecular weight is 369 g/mol. The van der Waals surface area contributed by atoms with E-state index in [9.17, 15) is 9.59 Å². The molecule has 6 heteroatoms. The summed E-state index contributed by atoms with van der Waals surface area (Å²) in [6, 6.07) is 17.0. The zero-order chi connectivity index (χ0) is 19.3. The van der Waals surface area contributed by atoms with Gasteiger partial charge in [-0.15, -0.1) is 0 Å². The van der Waals surface area contributed by atoms with Crippen LogP contribution in [0.2, 0.25) is 0 Å². The number of rotatable bonds is 7. The highest BCUT2D eigenvalue weighted by molar-refractivity contribution is 5.88. The lowest BCUT2D eigenvalue weighted by Gasteiger charge is -2.32. The van der Waals surface area contributed by atoms with Crippen molar-refractivity contribution in [1.29, 1.82) is 0 Å². The molecule has 1 N–H and O–H groups in total. The number of esters is 1. The number of hydrogen-bond acceptors (Lipinski definition) is 5. The topological polar surface area (TPSA) is 73.9 Å². The van der Waals surface area contributed by atoms with Crippen molar-refractivity contribution in [2.24, 2.45) is 5.92 Å². The lowest BCUT2D eigenvalue weighted by molar-refractivity contribution is -0.150. The van der Waals surface area contributed by atoms with Crippen LogP contribution in [0.1, 0.15) is 24.0 Å². The lowest BCUT2D eigenvalue weighted by Crippen LogP contribution is -2.54. The van der Waals surface area contributed by atoms with E-state index < -0.39 is 17.6 Å². The second kappa shape index (κ2) is 8.12. The first kappa shape index (κ1) is 18.8. The largest absolute Gasteiger partial charge is 0.489 e. The monoisotopic (exact) mass is 369 g/mol. The molecule has 0 saturated heterocycles. The van der Waals surface area contributed by atoms with Gasteiger partial charge in [0.15, 0.2) is 5.54 Å². The Labute approximate surface area is 158 Å². The van der Waals surface area contributed by atoms with Crippen LogP contribution >= 0.6 is 0 Å². The van der Waals surface area contributed by atoms with Gasteiger partial charge in [-0.2, -0.15) is 0 Å². The van der Waals surface area contributed by atoms with Crippen LogP contribution in [-0.4, -0.2) is 26.3 Å². The van der Waals surface area contributed by atoms with Crippen LogP contribution in [-0.2, 0) is 26.4 Å². The molecular weight excluding hydrogens is 346 g/mol. The van der Waals surface area contributed by atoms with Crippen LogP contribution in [0.3, 0.4) is 0 Å². The van der Waals surface area contributed by atoms with Crippen LogP contribution in [0.15, 0.2) is 54.6 Å². The predicted molar refractivity (Wildman–Crippen MR) is 99.2 cm³/mol. The van der Waals surface area contributed by atoms with Crippen molar-refractivity contribution in [2.45, 2.75) is 25.0 Å². The van der Waals surface area contributed by atoms with Gasteiger partial charge in [0.25, 0.3) is 0 Å². The van der Waals surface area contributed by atoms with Crippen molar-refractivity contribution in [3.05, 3.63) is 65.7 Å². The fraction of sp³-hybridized carbons (Fsp3) is 0.333. The third-order valence-electron chi connectivity index (χ3n) is 4.74. The summed E-state index contributed by atoms with van der Waals surface area (Å²) in [5.41, 5.74) is 0.463. The highest BCUT2D eigenvalue weighted by atomic mass is 16.5. The second-order valence-corrected chi connectivity index (χ2v) is 6.49. The summed E-state index contributed by atoms with van der Waals surface area (Å²) in [7, 11) is 2.58. The highest BCUT2D eigenvalue weighted by Gasteiger charge is 2.54. The number of ether oxygens (including phenoxy) is 3. The predicted octanol–water partition coefficient (Wildman–Crippen LogP) is 3.40. The third-order valence-corrected chi connectivity index (χ3v) is 4.74. The third kappa shape index (κ3) is 4.05. The van der Waals surface area contributed by atoms with Gasteiger partial charge >= 0.3 is 12.1 Å². The van der Waals surface area contributed by atoms with Gasteiger partial charge < -0.3 is 19.5 Å². The maximum atomic E-state index is 12.6. The number of nitrogens with one attached hydrogen (secondary N) is 1. The average Bonchev–Trinajstić information content (AvgIpc) is 3.56. The number of carbonyl (C=O) groups excluding carboxylic acids is 2. The number of amides is 1. The van der Waals surface area contributed by atoms with Crippen LogP contribution in [0.4, 0.5) is 4.79 Å². The Balaban J connectivity index is 1.82. The fourth-order valence-corrected chi connectivity index (χ4v) is 3.19. The number of methoxy groups -OCH3 is 2. The molecule has 0 bridgehead atoms. The summed E-state index contributed by atoms with van der Waals surface area (Å²) in [6.45, 7) is 0.450. The van der Waals surface area contributed by atoms with E-state index in [-0.39, 0.29) is 5.92 Å². The molecule has 1 atom stereocenters. The maximum Gasteiger partial charge on any atom is 0.408 e. The number of carbonyl (C=O) groups is 2. The van der Waals surface area contributed by atoms with Crippen molar-refractivity contribution in [1.82, 2.24) is 5.32 Å². The van der Waals surface area contributed by atoms with Gasteiger partial charge in [-0.25, -0.2) is 9.59 Å². The number of hydrogen-bond donors (Lipinski definition) is 1. The van der Waals surface area contributed by atoms with Crippen LogP contribution < -0.4 is 10.1 Å². The molecule has 2 aromatic carbocycles. The molecule has 27 heavy (non-hydrogen) atoms. The molecule has 0 radical (unpaired) electrons. The SMILES string of the molecule is COC(=O)N[C@](C(=O)OC)(c1ccc(OCc2ccccc2)cc1)C1CC1. The molecule has 0 unspecified atom stereocenters. The number of alkyl carbamates (subject to hydrolysis) is 1. The van der Waals surface area contributed by atoms with Crippen molar-refractivity contribution in [3.8, 4) is 5.75 Å². The summed E-state index contributed by atoms with van der Waals surface area (Å²) in [5.74, 6) is 0.142. The minimum atomic E-state index is -1.25. The Bertz CT molecular complexity index is 786. The molecule has 0 aromatic heterocycles. The van der Waals surface area contributed by atoms with Crippen LogP contribution in [0.25, 0.3) is 0 Å². The summed E-state index contributed by atoms with van der Waals surface area (Å²) < 4.78 is 15.5. The minimum Gasteiger partial charge on any atom is -0.489 e. The van der Waals surface area contributed by atoms with Crippen molar-refractivity contribution >= 4 is 12.1 Å². The fourth-order valence-electron chi connectivity index (χ4n) is 3.19. The van der Waals surface area contributed by atoms with E-state index in [1.54, 1.807) is 24.3 Å². The Morgan fingerprint density at radius 3 is 2.22 bits per heavy atom. The van der Waals surface area contributed by atoms with Gasteiger partial charge in [0.05, 0.1) is 14.2 Å². The summed E-state index contributed by atoms with van der Waals surface area (Å²) in [5, 5.41) is 2.71. The summed E-state index contributed by atoms with van der Waals surface area (Å²) in [4.78, 5) is 24.6. The molecule has 1 aliphatic carbocycles.